The van der Waals surface area contributed by atoms with Crippen LogP contribution in [-0.2, 0) is 4.79 Å². The fraction of sp³-hybridized carbons (Fsp3) is 0.222. The molecule has 0 bridgehead atoms. The summed E-state index contributed by atoms with van der Waals surface area (Å²) in [6.45, 7) is 3.46. The molecule has 0 radical (unpaired) electrons. The topological polar surface area (TPSA) is 90.1 Å². The number of aromatic nitrogens is 2. The second kappa shape index (κ2) is 3.23. The van der Waals surface area contributed by atoms with E-state index in [9.17, 15) is 9.59 Å². The molecule has 1 aromatic rings. The van der Waals surface area contributed by atoms with E-state index in [1.165, 1.54) is 6.08 Å². The Balaban J connectivity index is 2.51. The van der Waals surface area contributed by atoms with E-state index in [-0.39, 0.29) is 11.5 Å². The van der Waals surface area contributed by atoms with Crippen molar-refractivity contribution in [2.45, 2.75) is 13.8 Å². The maximum atomic E-state index is 11.3. The van der Waals surface area contributed by atoms with Gasteiger partial charge in [0.1, 0.15) is 0 Å². The summed E-state index contributed by atoms with van der Waals surface area (Å²) in [5, 5.41) is 8.90. The second-order valence-electron chi connectivity index (χ2n) is 3.31. The van der Waals surface area contributed by atoms with Crippen LogP contribution >= 0.6 is 0 Å². The Morgan fingerprint density at radius 3 is 2.40 bits per heavy atom. The number of hydrazone groups is 1. The SMILES string of the molecule is CC1=NNC(=O)/C1=C\c1c(C)[nH][nH]c1=O. The van der Waals surface area contributed by atoms with E-state index in [1.54, 1.807) is 13.8 Å². The first-order valence-electron chi connectivity index (χ1n) is 4.43. The van der Waals surface area contributed by atoms with Gasteiger partial charge in [-0.05, 0) is 19.9 Å². The van der Waals surface area contributed by atoms with E-state index in [0.29, 0.717) is 22.5 Å². The van der Waals surface area contributed by atoms with Crippen molar-refractivity contribution in [3.63, 3.8) is 0 Å². The first-order valence-corrected chi connectivity index (χ1v) is 4.43. The summed E-state index contributed by atoms with van der Waals surface area (Å²) < 4.78 is 0. The summed E-state index contributed by atoms with van der Waals surface area (Å²) in [4.78, 5) is 22.7. The number of nitrogens with zero attached hydrogens (tertiary/aromatic N) is 1. The minimum atomic E-state index is -0.285. The van der Waals surface area contributed by atoms with Crippen molar-refractivity contribution in [1.82, 2.24) is 15.6 Å². The fourth-order valence-corrected chi connectivity index (χ4v) is 1.36. The van der Waals surface area contributed by atoms with E-state index >= 15 is 0 Å². The molecule has 0 fully saturated rings. The summed E-state index contributed by atoms with van der Waals surface area (Å²) in [5.74, 6) is -0.285. The molecule has 2 heterocycles. The quantitative estimate of drug-likeness (QED) is 0.560. The Morgan fingerprint density at radius 2 is 1.93 bits per heavy atom. The van der Waals surface area contributed by atoms with Gasteiger partial charge >= 0.3 is 0 Å². The van der Waals surface area contributed by atoms with Crippen LogP contribution in [0.1, 0.15) is 18.2 Å². The Hall–Kier alpha value is -2.11. The molecule has 6 heteroatoms. The normalized spacial score (nSPS) is 18.1. The van der Waals surface area contributed by atoms with Crippen molar-refractivity contribution in [2.24, 2.45) is 5.10 Å². The zero-order chi connectivity index (χ0) is 11.0. The predicted octanol–water partition coefficient (Wildman–Crippen LogP) is -0.0995. The van der Waals surface area contributed by atoms with Crippen molar-refractivity contribution < 1.29 is 4.79 Å². The largest absolute Gasteiger partial charge is 0.302 e. The van der Waals surface area contributed by atoms with E-state index in [2.05, 4.69) is 20.7 Å². The molecule has 2 rings (SSSR count). The molecule has 78 valence electrons. The van der Waals surface area contributed by atoms with Crippen LogP contribution in [0.2, 0.25) is 0 Å². The second-order valence-corrected chi connectivity index (χ2v) is 3.31. The number of rotatable bonds is 1. The van der Waals surface area contributed by atoms with Crippen molar-refractivity contribution >= 4 is 17.7 Å². The molecule has 1 aromatic heterocycles. The van der Waals surface area contributed by atoms with Crippen LogP contribution in [-0.4, -0.2) is 21.8 Å². The predicted molar refractivity (Wildman–Crippen MR) is 55.4 cm³/mol. The highest BCUT2D eigenvalue weighted by Gasteiger charge is 2.19. The first-order chi connectivity index (χ1) is 7.09. The Labute approximate surface area is 85.1 Å². The highest BCUT2D eigenvalue weighted by atomic mass is 16.2. The highest BCUT2D eigenvalue weighted by Crippen LogP contribution is 2.10. The average molecular weight is 206 g/mol. The van der Waals surface area contributed by atoms with E-state index in [0.717, 1.165) is 0 Å². The molecule has 6 nitrogen and oxygen atoms in total. The molecule has 1 aliphatic heterocycles. The highest BCUT2D eigenvalue weighted by molar-refractivity contribution is 6.26. The molecule has 1 amide bonds. The van der Waals surface area contributed by atoms with Crippen molar-refractivity contribution in [2.75, 3.05) is 0 Å². The molecular weight excluding hydrogens is 196 g/mol. The van der Waals surface area contributed by atoms with Gasteiger partial charge in [0.05, 0.1) is 16.8 Å². The van der Waals surface area contributed by atoms with Crippen LogP contribution in [0, 0.1) is 6.92 Å². The summed E-state index contributed by atoms with van der Waals surface area (Å²) in [5.41, 5.74) is 4.24. The standard InChI is InChI=1S/C9H10N4O2/c1-4-6(8(14)12-10-4)3-7-5(2)11-13-9(7)15/h3H,1-2H3,(H,12,14)(H2,11,13,15)/b6-3-. The van der Waals surface area contributed by atoms with Gasteiger partial charge in [0.25, 0.3) is 11.5 Å². The number of hydrogen-bond acceptors (Lipinski definition) is 3. The van der Waals surface area contributed by atoms with Crippen LogP contribution in [0.5, 0.6) is 0 Å². The van der Waals surface area contributed by atoms with Crippen LogP contribution in [0.3, 0.4) is 0 Å². The monoisotopic (exact) mass is 206 g/mol. The minimum absolute atomic E-state index is 0.243. The number of hydrogen-bond donors (Lipinski definition) is 3. The Kier molecular flexibility index (Phi) is 2.03. The molecule has 0 saturated heterocycles. The van der Waals surface area contributed by atoms with Crippen molar-refractivity contribution in [3.05, 3.63) is 27.2 Å². The van der Waals surface area contributed by atoms with Gasteiger partial charge in [-0.3, -0.25) is 14.7 Å². The zero-order valence-corrected chi connectivity index (χ0v) is 8.34. The lowest BCUT2D eigenvalue weighted by Crippen LogP contribution is -2.13. The van der Waals surface area contributed by atoms with Gasteiger partial charge in [-0.2, -0.15) is 5.10 Å². The van der Waals surface area contributed by atoms with Gasteiger partial charge in [0.15, 0.2) is 0 Å². The minimum Gasteiger partial charge on any atom is -0.302 e. The fourth-order valence-electron chi connectivity index (χ4n) is 1.36. The maximum absolute atomic E-state index is 11.3. The third-order valence-electron chi connectivity index (χ3n) is 2.26. The van der Waals surface area contributed by atoms with Gasteiger partial charge < -0.3 is 5.10 Å². The smallest absolute Gasteiger partial charge is 0.273 e. The number of aryl methyl sites for hydroxylation is 1. The van der Waals surface area contributed by atoms with Gasteiger partial charge in [0, 0.05) is 5.69 Å². The third-order valence-corrected chi connectivity index (χ3v) is 2.26. The van der Waals surface area contributed by atoms with Crippen LogP contribution in [0.25, 0.3) is 6.08 Å². The lowest BCUT2D eigenvalue weighted by Gasteiger charge is -1.93. The zero-order valence-electron chi connectivity index (χ0n) is 8.34. The molecular formula is C9H10N4O2. The summed E-state index contributed by atoms with van der Waals surface area (Å²) in [7, 11) is 0. The summed E-state index contributed by atoms with van der Waals surface area (Å²) >= 11 is 0. The molecule has 15 heavy (non-hydrogen) atoms. The number of H-pyrrole nitrogens is 2. The third kappa shape index (κ3) is 1.50. The lowest BCUT2D eigenvalue weighted by molar-refractivity contribution is -0.116. The lowest BCUT2D eigenvalue weighted by atomic mass is 10.1. The molecule has 0 spiro atoms. The van der Waals surface area contributed by atoms with Gasteiger partial charge in [-0.1, -0.05) is 0 Å². The molecule has 0 saturated carbocycles. The Morgan fingerprint density at radius 1 is 1.20 bits per heavy atom. The van der Waals surface area contributed by atoms with Crippen LogP contribution < -0.4 is 11.0 Å². The Bertz CT molecular complexity index is 533. The number of carbonyl (C=O) groups is 1. The number of carbonyl (C=O) groups excluding carboxylic acids is 1. The summed E-state index contributed by atoms with van der Waals surface area (Å²) in [6, 6.07) is 0. The van der Waals surface area contributed by atoms with Crippen LogP contribution in [0.4, 0.5) is 0 Å². The van der Waals surface area contributed by atoms with E-state index in [1.807, 2.05) is 0 Å². The molecule has 1 aliphatic rings. The molecule has 0 aliphatic carbocycles. The maximum Gasteiger partial charge on any atom is 0.273 e. The number of amides is 1. The van der Waals surface area contributed by atoms with Crippen molar-refractivity contribution in [3.8, 4) is 0 Å². The van der Waals surface area contributed by atoms with E-state index < -0.39 is 0 Å². The molecule has 0 aromatic carbocycles. The van der Waals surface area contributed by atoms with Crippen molar-refractivity contribution in [1.29, 1.82) is 0 Å². The first kappa shape index (κ1) is 9.45. The van der Waals surface area contributed by atoms with Gasteiger partial charge in [-0.15, -0.1) is 0 Å². The number of nitrogens with one attached hydrogen (secondary N) is 3. The molecule has 0 atom stereocenters. The van der Waals surface area contributed by atoms with Gasteiger partial charge in [0.2, 0.25) is 0 Å². The van der Waals surface area contributed by atoms with Crippen LogP contribution in [0.15, 0.2) is 15.5 Å². The number of aromatic amines is 2. The average Bonchev–Trinajstić information content (AvgIpc) is 2.67. The molecule has 0 unspecified atom stereocenters. The summed E-state index contributed by atoms with van der Waals surface area (Å²) in [6.07, 6.45) is 1.53. The van der Waals surface area contributed by atoms with Gasteiger partial charge in [-0.25, -0.2) is 5.43 Å². The van der Waals surface area contributed by atoms with E-state index in [4.69, 9.17) is 0 Å². The molecule has 3 N–H and O–H groups in total.